The highest BCUT2D eigenvalue weighted by molar-refractivity contribution is 9.10. The zero-order valence-electron chi connectivity index (χ0n) is 13.5. The number of benzene rings is 2. The maximum absolute atomic E-state index is 5.55. The van der Waals surface area contributed by atoms with Gasteiger partial charge in [0.05, 0.1) is 20.3 Å². The summed E-state index contributed by atoms with van der Waals surface area (Å²) in [6.07, 6.45) is 0.966. The topological polar surface area (TPSA) is 49.0 Å². The number of halogens is 1. The lowest BCUT2D eigenvalue weighted by molar-refractivity contribution is 0.174. The molecule has 0 radical (unpaired) electrons. The number of hydrogen-bond donors (Lipinski definition) is 1. The van der Waals surface area contributed by atoms with Gasteiger partial charge < -0.3 is 24.3 Å². The first-order chi connectivity index (χ1) is 11.7. The summed E-state index contributed by atoms with van der Waals surface area (Å²) < 4.78 is 22.9. The van der Waals surface area contributed by atoms with Crippen molar-refractivity contribution in [1.29, 1.82) is 0 Å². The minimum absolute atomic E-state index is 0.0532. The summed E-state index contributed by atoms with van der Waals surface area (Å²) in [6.45, 7) is 1.19. The molecule has 5 nitrogen and oxygen atoms in total. The zero-order valence-corrected chi connectivity index (χ0v) is 15.1. The van der Waals surface area contributed by atoms with Crippen LogP contribution >= 0.6 is 15.9 Å². The number of methoxy groups -OCH3 is 2. The summed E-state index contributed by atoms with van der Waals surface area (Å²) in [6, 6.07) is 8.19. The Morgan fingerprint density at radius 3 is 2.46 bits per heavy atom. The quantitative estimate of drug-likeness (QED) is 0.868. The molecule has 6 heteroatoms. The van der Waals surface area contributed by atoms with E-state index >= 15 is 0 Å². The second kappa shape index (κ2) is 6.18. The van der Waals surface area contributed by atoms with Gasteiger partial charge in [-0.25, -0.2) is 0 Å². The van der Waals surface area contributed by atoms with Gasteiger partial charge in [0.15, 0.2) is 23.0 Å². The van der Waals surface area contributed by atoms with E-state index in [4.69, 9.17) is 18.9 Å². The van der Waals surface area contributed by atoms with Crippen LogP contribution in [-0.2, 0) is 6.42 Å². The predicted molar refractivity (Wildman–Crippen MR) is 93.4 cm³/mol. The Hall–Kier alpha value is -1.92. The number of rotatable bonds is 3. The molecule has 1 unspecified atom stereocenters. The van der Waals surface area contributed by atoms with Crippen molar-refractivity contribution >= 4 is 15.9 Å². The average Bonchev–Trinajstić information content (AvgIpc) is 3.06. The Morgan fingerprint density at radius 2 is 1.71 bits per heavy atom. The van der Waals surface area contributed by atoms with Crippen LogP contribution in [0, 0.1) is 0 Å². The molecule has 0 amide bonds. The fourth-order valence-electron chi connectivity index (χ4n) is 3.31. The van der Waals surface area contributed by atoms with Crippen LogP contribution in [0.5, 0.6) is 23.0 Å². The summed E-state index contributed by atoms with van der Waals surface area (Å²) in [5.74, 6) is 3.06. The molecule has 0 fully saturated rings. The van der Waals surface area contributed by atoms with E-state index < -0.39 is 0 Å². The summed E-state index contributed by atoms with van der Waals surface area (Å²) in [7, 11) is 3.29. The molecule has 24 heavy (non-hydrogen) atoms. The molecular formula is C18H18BrNO4. The Morgan fingerprint density at radius 1 is 1.00 bits per heavy atom. The lowest BCUT2D eigenvalue weighted by atomic mass is 9.89. The van der Waals surface area contributed by atoms with Crippen molar-refractivity contribution in [3.63, 3.8) is 0 Å². The Bertz CT molecular complexity index is 793. The van der Waals surface area contributed by atoms with Gasteiger partial charge in [-0.3, -0.25) is 0 Å². The predicted octanol–water partition coefficient (Wildman–Crippen LogP) is 3.43. The average molecular weight is 392 g/mol. The van der Waals surface area contributed by atoms with Crippen molar-refractivity contribution in [3.05, 3.63) is 45.4 Å². The molecule has 2 aromatic carbocycles. The Labute approximate surface area is 149 Å². The van der Waals surface area contributed by atoms with Crippen LogP contribution in [0.4, 0.5) is 0 Å². The van der Waals surface area contributed by atoms with Gasteiger partial charge in [0.2, 0.25) is 6.79 Å². The third-order valence-corrected chi connectivity index (χ3v) is 5.19. The molecule has 2 heterocycles. The first-order valence-electron chi connectivity index (χ1n) is 7.78. The van der Waals surface area contributed by atoms with Crippen molar-refractivity contribution < 1.29 is 18.9 Å². The molecule has 1 atom stereocenters. The molecule has 2 aliphatic heterocycles. The molecule has 0 spiro atoms. The van der Waals surface area contributed by atoms with Crippen molar-refractivity contribution in [1.82, 2.24) is 5.32 Å². The lowest BCUT2D eigenvalue weighted by Gasteiger charge is -2.29. The fraction of sp³-hybridized carbons (Fsp3) is 0.333. The normalized spacial score (nSPS) is 18.2. The number of nitrogens with one attached hydrogen (secondary N) is 1. The van der Waals surface area contributed by atoms with Crippen LogP contribution in [0.2, 0.25) is 0 Å². The summed E-state index contributed by atoms with van der Waals surface area (Å²) in [4.78, 5) is 0. The molecule has 0 saturated heterocycles. The molecule has 2 aromatic rings. The highest BCUT2D eigenvalue weighted by atomic mass is 79.9. The minimum Gasteiger partial charge on any atom is -0.493 e. The van der Waals surface area contributed by atoms with Crippen molar-refractivity contribution in [2.75, 3.05) is 27.6 Å². The molecule has 0 bridgehead atoms. The van der Waals surface area contributed by atoms with E-state index in [1.165, 1.54) is 11.1 Å². The lowest BCUT2D eigenvalue weighted by Crippen LogP contribution is -2.30. The number of ether oxygens (including phenoxy) is 4. The molecule has 2 aliphatic rings. The standard InChI is InChI=1S/C18H18BrNO4/c1-21-14-7-12(13(19)8-15(14)22-2)18-11-6-17-16(23-9-24-17)5-10(11)3-4-20-18/h5-8,18,20H,3-4,9H2,1-2H3. The molecule has 0 aromatic heterocycles. The maximum atomic E-state index is 5.55. The Kier molecular flexibility index (Phi) is 4.02. The van der Waals surface area contributed by atoms with Crippen LogP contribution in [-0.4, -0.2) is 27.6 Å². The molecule has 126 valence electrons. The molecule has 4 rings (SSSR count). The largest absolute Gasteiger partial charge is 0.493 e. The molecule has 1 N–H and O–H groups in total. The minimum atomic E-state index is 0.0532. The smallest absolute Gasteiger partial charge is 0.231 e. The van der Waals surface area contributed by atoms with Crippen LogP contribution in [0.3, 0.4) is 0 Å². The van der Waals surface area contributed by atoms with Gasteiger partial charge >= 0.3 is 0 Å². The Balaban J connectivity index is 1.82. The highest BCUT2D eigenvalue weighted by Crippen LogP contribution is 2.43. The summed E-state index contributed by atoms with van der Waals surface area (Å²) >= 11 is 3.67. The van der Waals surface area contributed by atoms with E-state index in [-0.39, 0.29) is 12.8 Å². The second-order valence-electron chi connectivity index (χ2n) is 5.77. The van der Waals surface area contributed by atoms with Crippen molar-refractivity contribution in [2.45, 2.75) is 12.5 Å². The van der Waals surface area contributed by atoms with Gasteiger partial charge in [0.1, 0.15) is 0 Å². The molecule has 0 aliphatic carbocycles. The van der Waals surface area contributed by atoms with Crippen LogP contribution in [0.25, 0.3) is 0 Å². The van der Waals surface area contributed by atoms with E-state index in [2.05, 4.69) is 33.4 Å². The van der Waals surface area contributed by atoms with Gasteiger partial charge in [-0.1, -0.05) is 15.9 Å². The molecule has 0 saturated carbocycles. The van der Waals surface area contributed by atoms with E-state index in [0.29, 0.717) is 11.5 Å². The van der Waals surface area contributed by atoms with E-state index in [1.807, 2.05) is 12.1 Å². The van der Waals surface area contributed by atoms with Crippen molar-refractivity contribution in [3.8, 4) is 23.0 Å². The van der Waals surface area contributed by atoms with E-state index in [0.717, 1.165) is 34.5 Å². The van der Waals surface area contributed by atoms with Crippen LogP contribution in [0.1, 0.15) is 22.7 Å². The van der Waals surface area contributed by atoms with E-state index in [9.17, 15) is 0 Å². The highest BCUT2D eigenvalue weighted by Gasteiger charge is 2.28. The van der Waals surface area contributed by atoms with E-state index in [1.54, 1.807) is 14.2 Å². The first-order valence-corrected chi connectivity index (χ1v) is 8.57. The summed E-state index contributed by atoms with van der Waals surface area (Å²) in [5.41, 5.74) is 3.59. The number of hydrogen-bond acceptors (Lipinski definition) is 5. The van der Waals surface area contributed by atoms with Gasteiger partial charge in [-0.15, -0.1) is 0 Å². The third-order valence-electron chi connectivity index (χ3n) is 4.50. The van der Waals surface area contributed by atoms with Crippen LogP contribution in [0.15, 0.2) is 28.7 Å². The third kappa shape index (κ3) is 2.50. The zero-order chi connectivity index (χ0) is 16.7. The van der Waals surface area contributed by atoms with Gasteiger partial charge in [-0.2, -0.15) is 0 Å². The molecular weight excluding hydrogens is 374 g/mol. The monoisotopic (exact) mass is 391 g/mol. The van der Waals surface area contributed by atoms with Crippen molar-refractivity contribution in [2.24, 2.45) is 0 Å². The number of fused-ring (bicyclic) bond motifs is 2. The van der Waals surface area contributed by atoms with Gasteiger partial charge in [0, 0.05) is 11.0 Å². The van der Waals surface area contributed by atoms with Gasteiger partial charge in [0.25, 0.3) is 0 Å². The SMILES string of the molecule is COc1cc(Br)c(C2NCCc3cc4c(cc32)OCO4)cc1OC. The fourth-order valence-corrected chi connectivity index (χ4v) is 3.87. The second-order valence-corrected chi connectivity index (χ2v) is 6.62. The van der Waals surface area contributed by atoms with Gasteiger partial charge in [-0.05, 0) is 47.4 Å². The maximum Gasteiger partial charge on any atom is 0.231 e. The van der Waals surface area contributed by atoms with Crippen LogP contribution < -0.4 is 24.3 Å². The first kappa shape index (κ1) is 15.6. The summed E-state index contributed by atoms with van der Waals surface area (Å²) in [5, 5.41) is 3.59.